The van der Waals surface area contributed by atoms with Crippen LogP contribution in [-0.2, 0) is 0 Å². The van der Waals surface area contributed by atoms with Crippen molar-refractivity contribution in [2.75, 3.05) is 42.5 Å². The average Bonchev–Trinajstić information content (AvgIpc) is 2.79. The standard InChI is InChI=1S/C24H27FN4O/c1-2-3-11-27-24(30)19-5-4-18-10-12-26-23(22(18)17-19)29-15-13-28(14-16-29)21-8-6-20(25)7-9-21/h4-10,12,17H,2-3,11,13-16H2,1H3,(H,27,30). The quantitative estimate of drug-likeness (QED) is 0.623. The van der Waals surface area contributed by atoms with Gasteiger partial charge in [-0.05, 0) is 54.3 Å². The van der Waals surface area contributed by atoms with Gasteiger partial charge in [-0.2, -0.15) is 0 Å². The Morgan fingerprint density at radius 1 is 1.03 bits per heavy atom. The molecule has 1 fully saturated rings. The highest BCUT2D eigenvalue weighted by Crippen LogP contribution is 2.27. The third-order valence-corrected chi connectivity index (χ3v) is 5.59. The predicted molar refractivity (Wildman–Crippen MR) is 120 cm³/mol. The van der Waals surface area contributed by atoms with Crippen LogP contribution in [0.25, 0.3) is 10.8 Å². The number of rotatable bonds is 6. The van der Waals surface area contributed by atoms with Crippen LogP contribution >= 0.6 is 0 Å². The van der Waals surface area contributed by atoms with Gasteiger partial charge in [-0.25, -0.2) is 9.37 Å². The zero-order chi connectivity index (χ0) is 20.9. The second kappa shape index (κ2) is 9.11. The summed E-state index contributed by atoms with van der Waals surface area (Å²) in [7, 11) is 0. The highest BCUT2D eigenvalue weighted by molar-refractivity contribution is 6.01. The van der Waals surface area contributed by atoms with Crippen LogP contribution in [-0.4, -0.2) is 43.6 Å². The van der Waals surface area contributed by atoms with Gasteiger partial charge in [0.05, 0.1) is 0 Å². The van der Waals surface area contributed by atoms with Gasteiger partial charge in [-0.1, -0.05) is 19.4 Å². The van der Waals surface area contributed by atoms with Crippen molar-refractivity contribution >= 4 is 28.2 Å². The van der Waals surface area contributed by atoms with Crippen molar-refractivity contribution in [3.8, 4) is 0 Å². The number of pyridine rings is 1. The summed E-state index contributed by atoms with van der Waals surface area (Å²) >= 11 is 0. The molecule has 30 heavy (non-hydrogen) atoms. The van der Waals surface area contributed by atoms with Crippen LogP contribution in [0.15, 0.2) is 54.7 Å². The molecule has 0 aliphatic carbocycles. The van der Waals surface area contributed by atoms with Crippen molar-refractivity contribution in [3.63, 3.8) is 0 Å². The van der Waals surface area contributed by atoms with Crippen molar-refractivity contribution < 1.29 is 9.18 Å². The first-order valence-corrected chi connectivity index (χ1v) is 10.6. The Hall–Kier alpha value is -3.15. The van der Waals surface area contributed by atoms with Crippen LogP contribution in [0.5, 0.6) is 0 Å². The van der Waals surface area contributed by atoms with E-state index in [4.69, 9.17) is 0 Å². The molecule has 1 aromatic heterocycles. The Kier molecular flexibility index (Phi) is 6.12. The summed E-state index contributed by atoms with van der Waals surface area (Å²) in [6.07, 6.45) is 3.85. The van der Waals surface area contributed by atoms with E-state index in [-0.39, 0.29) is 11.7 Å². The lowest BCUT2D eigenvalue weighted by molar-refractivity contribution is 0.0953. The SMILES string of the molecule is CCCCNC(=O)c1ccc2ccnc(N3CCN(c4ccc(F)cc4)CC3)c2c1. The first kappa shape index (κ1) is 20.1. The monoisotopic (exact) mass is 406 g/mol. The number of aromatic nitrogens is 1. The first-order chi connectivity index (χ1) is 14.7. The number of unbranched alkanes of at least 4 members (excludes halogenated alkanes) is 1. The average molecular weight is 407 g/mol. The van der Waals surface area contributed by atoms with Crippen LogP contribution in [0.3, 0.4) is 0 Å². The number of nitrogens with zero attached hydrogens (tertiary/aromatic N) is 3. The van der Waals surface area contributed by atoms with Crippen molar-refractivity contribution in [1.29, 1.82) is 0 Å². The molecule has 4 rings (SSSR count). The second-order valence-electron chi connectivity index (χ2n) is 7.63. The summed E-state index contributed by atoms with van der Waals surface area (Å²) in [4.78, 5) is 21.7. The van der Waals surface area contributed by atoms with Gasteiger partial charge >= 0.3 is 0 Å². The zero-order valence-corrected chi connectivity index (χ0v) is 17.3. The van der Waals surface area contributed by atoms with Crippen LogP contribution in [0, 0.1) is 5.82 Å². The van der Waals surface area contributed by atoms with E-state index in [0.29, 0.717) is 12.1 Å². The molecule has 1 N–H and O–H groups in total. The van der Waals surface area contributed by atoms with Crippen molar-refractivity contribution in [1.82, 2.24) is 10.3 Å². The number of carbonyl (C=O) groups is 1. The molecule has 0 bridgehead atoms. The van der Waals surface area contributed by atoms with Gasteiger partial charge in [0.25, 0.3) is 5.91 Å². The van der Waals surface area contributed by atoms with E-state index in [1.807, 2.05) is 42.6 Å². The first-order valence-electron chi connectivity index (χ1n) is 10.6. The van der Waals surface area contributed by atoms with Crippen LogP contribution < -0.4 is 15.1 Å². The maximum atomic E-state index is 13.2. The summed E-state index contributed by atoms with van der Waals surface area (Å²) in [6.45, 7) is 6.10. The summed E-state index contributed by atoms with van der Waals surface area (Å²) in [5.74, 6) is 0.655. The van der Waals surface area contributed by atoms with Crippen LogP contribution in [0.2, 0.25) is 0 Å². The van der Waals surface area contributed by atoms with Crippen molar-refractivity contribution in [2.24, 2.45) is 0 Å². The molecule has 0 unspecified atom stereocenters. The molecular formula is C24H27FN4O. The van der Waals surface area contributed by atoms with Gasteiger partial charge in [0.15, 0.2) is 0 Å². The largest absolute Gasteiger partial charge is 0.368 e. The smallest absolute Gasteiger partial charge is 0.251 e. The van der Waals surface area contributed by atoms with E-state index in [1.165, 1.54) is 12.1 Å². The number of nitrogens with one attached hydrogen (secondary N) is 1. The molecule has 156 valence electrons. The van der Waals surface area contributed by atoms with Crippen LogP contribution in [0.1, 0.15) is 30.1 Å². The lowest BCUT2D eigenvalue weighted by Gasteiger charge is -2.37. The number of hydrogen-bond donors (Lipinski definition) is 1. The number of amides is 1. The highest BCUT2D eigenvalue weighted by Gasteiger charge is 2.20. The second-order valence-corrected chi connectivity index (χ2v) is 7.63. The van der Waals surface area contributed by atoms with Gasteiger partial charge in [0, 0.05) is 55.6 Å². The van der Waals surface area contributed by atoms with Gasteiger partial charge in [-0.3, -0.25) is 4.79 Å². The number of carbonyl (C=O) groups excluding carboxylic acids is 1. The third kappa shape index (κ3) is 4.37. The van der Waals surface area contributed by atoms with Crippen molar-refractivity contribution in [2.45, 2.75) is 19.8 Å². The number of benzene rings is 2. The summed E-state index contributed by atoms with van der Waals surface area (Å²) in [5, 5.41) is 5.06. The molecule has 1 saturated heterocycles. The van der Waals surface area contributed by atoms with Crippen LogP contribution in [0.4, 0.5) is 15.9 Å². The molecule has 2 aromatic carbocycles. The predicted octanol–water partition coefficient (Wildman–Crippen LogP) is 4.23. The third-order valence-electron chi connectivity index (χ3n) is 5.59. The number of piperazine rings is 1. The minimum absolute atomic E-state index is 0.0405. The van der Waals surface area contributed by atoms with Gasteiger partial charge in [-0.15, -0.1) is 0 Å². The Balaban J connectivity index is 1.51. The molecule has 0 spiro atoms. The molecule has 5 nitrogen and oxygen atoms in total. The molecule has 1 amide bonds. The highest BCUT2D eigenvalue weighted by atomic mass is 19.1. The molecule has 1 aliphatic rings. The normalized spacial score (nSPS) is 14.2. The fraction of sp³-hybridized carbons (Fsp3) is 0.333. The maximum Gasteiger partial charge on any atom is 0.251 e. The minimum Gasteiger partial charge on any atom is -0.368 e. The van der Waals surface area contributed by atoms with E-state index < -0.39 is 0 Å². The number of halogens is 1. The van der Waals surface area contributed by atoms with Gasteiger partial charge in [0.1, 0.15) is 11.6 Å². The molecule has 0 atom stereocenters. The van der Waals surface area contributed by atoms with Crippen molar-refractivity contribution in [3.05, 3.63) is 66.1 Å². The fourth-order valence-electron chi connectivity index (χ4n) is 3.86. The Morgan fingerprint density at radius 3 is 2.50 bits per heavy atom. The van der Waals surface area contributed by atoms with E-state index in [0.717, 1.165) is 61.3 Å². The van der Waals surface area contributed by atoms with Gasteiger partial charge in [0.2, 0.25) is 0 Å². The Bertz CT molecular complexity index is 1010. The van der Waals surface area contributed by atoms with E-state index in [9.17, 15) is 9.18 Å². The lowest BCUT2D eigenvalue weighted by Crippen LogP contribution is -2.46. The molecule has 0 radical (unpaired) electrons. The zero-order valence-electron chi connectivity index (χ0n) is 17.3. The Labute approximate surface area is 176 Å². The lowest BCUT2D eigenvalue weighted by atomic mass is 10.1. The molecule has 0 saturated carbocycles. The molecular weight excluding hydrogens is 379 g/mol. The summed E-state index contributed by atoms with van der Waals surface area (Å²) in [5.41, 5.74) is 1.70. The van der Waals surface area contributed by atoms with E-state index >= 15 is 0 Å². The number of hydrogen-bond acceptors (Lipinski definition) is 4. The van der Waals surface area contributed by atoms with E-state index in [2.05, 4.69) is 27.0 Å². The Morgan fingerprint density at radius 2 is 1.77 bits per heavy atom. The molecule has 2 heterocycles. The van der Waals surface area contributed by atoms with E-state index in [1.54, 1.807) is 0 Å². The minimum atomic E-state index is -0.216. The topological polar surface area (TPSA) is 48.5 Å². The summed E-state index contributed by atoms with van der Waals surface area (Å²) < 4.78 is 13.2. The van der Waals surface area contributed by atoms with Gasteiger partial charge < -0.3 is 15.1 Å². The fourth-order valence-corrected chi connectivity index (χ4v) is 3.86. The summed E-state index contributed by atoms with van der Waals surface area (Å²) in [6, 6.07) is 14.4. The molecule has 3 aromatic rings. The maximum absolute atomic E-state index is 13.2. The molecule has 1 aliphatic heterocycles. The number of fused-ring (bicyclic) bond motifs is 1. The molecule has 6 heteroatoms. The number of anilines is 2.